The van der Waals surface area contributed by atoms with Gasteiger partial charge in [0.2, 0.25) is 0 Å². The highest BCUT2D eigenvalue weighted by Crippen LogP contribution is 2.27. The van der Waals surface area contributed by atoms with Crippen LogP contribution in [0, 0.1) is 5.41 Å². The molecule has 0 aliphatic heterocycles. The number of hydrogen-bond donors (Lipinski definition) is 1. The van der Waals surface area contributed by atoms with Gasteiger partial charge >= 0.3 is 0 Å². The second kappa shape index (κ2) is 7.49. The highest BCUT2D eigenvalue weighted by atomic mass is 15.1. The lowest BCUT2D eigenvalue weighted by Crippen LogP contribution is -2.46. The van der Waals surface area contributed by atoms with Gasteiger partial charge in [0.15, 0.2) is 0 Å². The molecule has 1 aliphatic rings. The average Bonchev–Trinajstić information content (AvgIpc) is 2.37. The largest absolute Gasteiger partial charge is 0.314 e. The molecular formula is C16H34N2. The van der Waals surface area contributed by atoms with Crippen molar-refractivity contribution in [1.29, 1.82) is 0 Å². The van der Waals surface area contributed by atoms with Gasteiger partial charge in [0, 0.05) is 25.2 Å². The fourth-order valence-electron chi connectivity index (χ4n) is 3.00. The Bertz CT molecular complexity index is 221. The Labute approximate surface area is 115 Å². The van der Waals surface area contributed by atoms with Gasteiger partial charge in [0.1, 0.15) is 0 Å². The average molecular weight is 254 g/mol. The summed E-state index contributed by atoms with van der Waals surface area (Å²) in [5.74, 6) is 0. The van der Waals surface area contributed by atoms with Crippen LogP contribution >= 0.6 is 0 Å². The molecule has 1 fully saturated rings. The molecule has 2 heteroatoms. The van der Waals surface area contributed by atoms with Crippen molar-refractivity contribution >= 4 is 0 Å². The van der Waals surface area contributed by atoms with Crippen LogP contribution in [0.5, 0.6) is 0 Å². The van der Waals surface area contributed by atoms with Crippen LogP contribution in [0.4, 0.5) is 0 Å². The van der Waals surface area contributed by atoms with E-state index in [0.29, 0.717) is 11.5 Å². The lowest BCUT2D eigenvalue weighted by molar-refractivity contribution is 0.116. The van der Waals surface area contributed by atoms with Crippen molar-refractivity contribution in [2.24, 2.45) is 5.41 Å². The van der Waals surface area contributed by atoms with E-state index < -0.39 is 0 Å². The van der Waals surface area contributed by atoms with Crippen molar-refractivity contribution in [3.05, 3.63) is 0 Å². The van der Waals surface area contributed by atoms with Gasteiger partial charge in [-0.15, -0.1) is 0 Å². The van der Waals surface area contributed by atoms with Gasteiger partial charge in [-0.3, -0.25) is 0 Å². The quantitative estimate of drug-likeness (QED) is 0.746. The van der Waals surface area contributed by atoms with Crippen LogP contribution in [0.3, 0.4) is 0 Å². The second-order valence-corrected chi connectivity index (χ2v) is 6.91. The lowest BCUT2D eigenvalue weighted by atomic mass is 9.85. The number of hydrogen-bond acceptors (Lipinski definition) is 2. The summed E-state index contributed by atoms with van der Waals surface area (Å²) in [6.07, 6.45) is 8.39. The summed E-state index contributed by atoms with van der Waals surface area (Å²) in [7, 11) is 2.33. The highest BCUT2D eigenvalue weighted by Gasteiger charge is 2.27. The number of nitrogens with one attached hydrogen (secondary N) is 1. The first-order valence-electron chi connectivity index (χ1n) is 7.90. The van der Waals surface area contributed by atoms with Crippen LogP contribution in [-0.4, -0.2) is 37.1 Å². The van der Waals surface area contributed by atoms with Gasteiger partial charge in [-0.2, -0.15) is 0 Å². The van der Waals surface area contributed by atoms with E-state index in [0.717, 1.165) is 12.6 Å². The van der Waals surface area contributed by atoms with E-state index in [4.69, 9.17) is 0 Å². The molecule has 1 atom stereocenters. The Balaban J connectivity index is 2.44. The SMILES string of the molecule is CCC(C)(CNC(C)C)CN(C)C1CCCCC1. The third kappa shape index (κ3) is 5.27. The van der Waals surface area contributed by atoms with E-state index in [2.05, 4.69) is 45.0 Å². The van der Waals surface area contributed by atoms with Gasteiger partial charge in [-0.05, 0) is 31.7 Å². The van der Waals surface area contributed by atoms with Gasteiger partial charge in [0.05, 0.1) is 0 Å². The van der Waals surface area contributed by atoms with Crippen LogP contribution in [0.15, 0.2) is 0 Å². The summed E-state index contributed by atoms with van der Waals surface area (Å²) in [6.45, 7) is 11.6. The molecule has 1 saturated carbocycles. The molecule has 0 amide bonds. The van der Waals surface area contributed by atoms with Crippen LogP contribution in [0.1, 0.15) is 66.2 Å². The summed E-state index contributed by atoms with van der Waals surface area (Å²) < 4.78 is 0. The van der Waals surface area contributed by atoms with E-state index >= 15 is 0 Å². The van der Waals surface area contributed by atoms with Crippen LogP contribution < -0.4 is 5.32 Å². The normalized spacial score (nSPS) is 21.5. The molecule has 0 bridgehead atoms. The smallest absolute Gasteiger partial charge is 0.00924 e. The molecule has 18 heavy (non-hydrogen) atoms. The van der Waals surface area contributed by atoms with Crippen LogP contribution in [0.2, 0.25) is 0 Å². The predicted molar refractivity (Wildman–Crippen MR) is 81.0 cm³/mol. The zero-order valence-corrected chi connectivity index (χ0v) is 13.3. The molecule has 108 valence electrons. The molecule has 2 nitrogen and oxygen atoms in total. The van der Waals surface area contributed by atoms with Crippen molar-refractivity contribution in [2.75, 3.05) is 20.1 Å². The lowest BCUT2D eigenvalue weighted by Gasteiger charge is -2.39. The van der Waals surface area contributed by atoms with Crippen molar-refractivity contribution in [1.82, 2.24) is 10.2 Å². The summed E-state index contributed by atoms with van der Waals surface area (Å²) >= 11 is 0. The predicted octanol–water partition coefficient (Wildman–Crippen LogP) is 3.67. The number of rotatable bonds is 7. The molecule has 1 rings (SSSR count). The van der Waals surface area contributed by atoms with Gasteiger partial charge in [-0.25, -0.2) is 0 Å². The maximum atomic E-state index is 3.62. The molecule has 1 aliphatic carbocycles. The molecular weight excluding hydrogens is 220 g/mol. The second-order valence-electron chi connectivity index (χ2n) is 6.91. The summed E-state index contributed by atoms with van der Waals surface area (Å²) in [4.78, 5) is 2.63. The maximum absolute atomic E-state index is 3.62. The van der Waals surface area contributed by atoms with Crippen LogP contribution in [0.25, 0.3) is 0 Å². The topological polar surface area (TPSA) is 15.3 Å². The van der Waals surface area contributed by atoms with E-state index in [9.17, 15) is 0 Å². The standard InChI is InChI=1S/C16H34N2/c1-6-16(4,12-17-14(2)3)13-18(5)15-10-8-7-9-11-15/h14-15,17H,6-13H2,1-5H3. The van der Waals surface area contributed by atoms with E-state index in [1.54, 1.807) is 0 Å². The first-order valence-corrected chi connectivity index (χ1v) is 7.90. The van der Waals surface area contributed by atoms with Gasteiger partial charge in [0.25, 0.3) is 0 Å². The van der Waals surface area contributed by atoms with Crippen molar-refractivity contribution < 1.29 is 0 Å². The van der Waals surface area contributed by atoms with Crippen LogP contribution in [-0.2, 0) is 0 Å². The fraction of sp³-hybridized carbons (Fsp3) is 1.00. The Hall–Kier alpha value is -0.0800. The Kier molecular flexibility index (Phi) is 6.65. The summed E-state index contributed by atoms with van der Waals surface area (Å²) in [5, 5.41) is 3.62. The molecule has 0 radical (unpaired) electrons. The van der Waals surface area contributed by atoms with E-state index in [-0.39, 0.29) is 0 Å². The number of nitrogens with zero attached hydrogens (tertiary/aromatic N) is 1. The third-order valence-corrected chi connectivity index (χ3v) is 4.62. The maximum Gasteiger partial charge on any atom is 0.00924 e. The fourth-order valence-corrected chi connectivity index (χ4v) is 3.00. The minimum atomic E-state index is 0.413. The first-order chi connectivity index (χ1) is 8.47. The first kappa shape index (κ1) is 16.0. The molecule has 0 aromatic heterocycles. The Morgan fingerprint density at radius 3 is 2.33 bits per heavy atom. The zero-order valence-electron chi connectivity index (χ0n) is 13.3. The van der Waals surface area contributed by atoms with Gasteiger partial charge < -0.3 is 10.2 Å². The minimum Gasteiger partial charge on any atom is -0.314 e. The Morgan fingerprint density at radius 2 is 1.83 bits per heavy atom. The van der Waals surface area contributed by atoms with Gasteiger partial charge in [-0.1, -0.05) is 47.0 Å². The molecule has 0 saturated heterocycles. The molecule has 0 spiro atoms. The highest BCUT2D eigenvalue weighted by molar-refractivity contribution is 4.83. The molecule has 1 unspecified atom stereocenters. The minimum absolute atomic E-state index is 0.413. The summed E-state index contributed by atoms with van der Waals surface area (Å²) in [5.41, 5.74) is 0.413. The molecule has 0 aromatic carbocycles. The van der Waals surface area contributed by atoms with Crippen molar-refractivity contribution in [2.45, 2.75) is 78.3 Å². The molecule has 0 aromatic rings. The van der Waals surface area contributed by atoms with E-state index in [1.165, 1.54) is 45.1 Å². The van der Waals surface area contributed by atoms with Crippen molar-refractivity contribution in [3.63, 3.8) is 0 Å². The third-order valence-electron chi connectivity index (χ3n) is 4.62. The molecule has 1 N–H and O–H groups in total. The summed E-state index contributed by atoms with van der Waals surface area (Å²) in [6, 6.07) is 1.43. The Morgan fingerprint density at radius 1 is 1.22 bits per heavy atom. The molecule has 0 heterocycles. The van der Waals surface area contributed by atoms with Crippen molar-refractivity contribution in [3.8, 4) is 0 Å². The van der Waals surface area contributed by atoms with E-state index in [1.807, 2.05) is 0 Å². The zero-order chi connectivity index (χ0) is 13.6. The monoisotopic (exact) mass is 254 g/mol.